The Morgan fingerprint density at radius 1 is 1.00 bits per heavy atom. The molecule has 0 atom stereocenters. The van der Waals surface area contributed by atoms with Crippen molar-refractivity contribution in [2.75, 3.05) is 0 Å². The predicted molar refractivity (Wildman–Crippen MR) is 97.4 cm³/mol. The van der Waals surface area contributed by atoms with Crippen LogP contribution >= 0.6 is 0 Å². The molecule has 0 aliphatic heterocycles. The molecule has 0 aromatic heterocycles. The standard InChI is InChI=1S/C8H18O2.C7H6O2.C4H8O2/c1-5-6-7(2,3)8(4,9)10;8-7(9)6-4-2-1-3-5-6;1-3(2)4(5)6/h9-10H,5-6H2,1-4H3;1-5H,(H,8,9);3H,1-2H3,(H,5,6). The smallest absolute Gasteiger partial charge is 0.335 e. The van der Waals surface area contributed by atoms with Crippen LogP contribution in [0.4, 0.5) is 0 Å². The minimum absolute atomic E-state index is 0.231. The first-order valence-corrected chi connectivity index (χ1v) is 8.22. The van der Waals surface area contributed by atoms with Crippen LogP contribution < -0.4 is 0 Å². The Hall–Kier alpha value is -1.92. The molecular formula is C19H32O6. The quantitative estimate of drug-likeness (QED) is 0.599. The number of rotatable bonds is 5. The van der Waals surface area contributed by atoms with Gasteiger partial charge in [-0.1, -0.05) is 59.2 Å². The second kappa shape index (κ2) is 11.6. The van der Waals surface area contributed by atoms with Gasteiger partial charge in [-0.25, -0.2) is 4.79 Å². The molecule has 1 aromatic rings. The number of aliphatic carboxylic acids is 1. The zero-order chi connectivity index (χ0) is 20.3. The Morgan fingerprint density at radius 2 is 1.40 bits per heavy atom. The Bertz CT molecular complexity index is 500. The highest BCUT2D eigenvalue weighted by molar-refractivity contribution is 5.87. The van der Waals surface area contributed by atoms with Crippen LogP contribution in [0, 0.1) is 11.3 Å². The summed E-state index contributed by atoms with van der Waals surface area (Å²) in [5.41, 5.74) is -0.0700. The Kier molecular flexibility index (Phi) is 11.8. The second-order valence-corrected chi connectivity index (χ2v) is 6.82. The first-order valence-electron chi connectivity index (χ1n) is 8.22. The molecule has 144 valence electrons. The molecule has 0 heterocycles. The normalized spacial score (nSPS) is 10.9. The van der Waals surface area contributed by atoms with Crippen molar-refractivity contribution >= 4 is 11.9 Å². The Morgan fingerprint density at radius 3 is 1.56 bits per heavy atom. The summed E-state index contributed by atoms with van der Waals surface area (Å²) < 4.78 is 0. The highest BCUT2D eigenvalue weighted by atomic mass is 16.5. The van der Waals surface area contributed by atoms with E-state index >= 15 is 0 Å². The first kappa shape index (κ1) is 25.3. The van der Waals surface area contributed by atoms with Gasteiger partial charge in [-0.05, 0) is 25.5 Å². The largest absolute Gasteiger partial charge is 0.481 e. The third-order valence-corrected chi connectivity index (χ3v) is 3.67. The maximum absolute atomic E-state index is 10.2. The van der Waals surface area contributed by atoms with Gasteiger partial charge in [-0.3, -0.25) is 4.79 Å². The molecule has 0 amide bonds. The summed E-state index contributed by atoms with van der Waals surface area (Å²) in [6.45, 7) is 10.5. The van der Waals surface area contributed by atoms with Crippen molar-refractivity contribution in [3.63, 3.8) is 0 Å². The topological polar surface area (TPSA) is 115 Å². The van der Waals surface area contributed by atoms with Crippen LogP contribution in [0.25, 0.3) is 0 Å². The van der Waals surface area contributed by atoms with E-state index in [4.69, 9.17) is 10.2 Å². The molecule has 1 rings (SSSR count). The van der Waals surface area contributed by atoms with Crippen molar-refractivity contribution in [3.8, 4) is 0 Å². The molecule has 6 heteroatoms. The second-order valence-electron chi connectivity index (χ2n) is 6.82. The lowest BCUT2D eigenvalue weighted by molar-refractivity contribution is -0.220. The van der Waals surface area contributed by atoms with Crippen LogP contribution in [-0.4, -0.2) is 38.2 Å². The van der Waals surface area contributed by atoms with Crippen LogP contribution in [-0.2, 0) is 4.79 Å². The van der Waals surface area contributed by atoms with Crippen molar-refractivity contribution in [2.45, 2.75) is 60.2 Å². The van der Waals surface area contributed by atoms with Crippen molar-refractivity contribution in [3.05, 3.63) is 35.9 Å². The lowest BCUT2D eigenvalue weighted by atomic mass is 9.80. The molecular weight excluding hydrogens is 324 g/mol. The monoisotopic (exact) mass is 356 g/mol. The SMILES string of the molecule is CC(C)C(=O)O.CCCC(C)(C)C(C)(O)O.O=C(O)c1ccccc1. The number of hydrogen-bond donors (Lipinski definition) is 4. The summed E-state index contributed by atoms with van der Waals surface area (Å²) in [5, 5.41) is 34.8. The molecule has 0 bridgehead atoms. The van der Waals surface area contributed by atoms with Gasteiger partial charge in [0.1, 0.15) is 0 Å². The highest BCUT2D eigenvalue weighted by Crippen LogP contribution is 2.32. The summed E-state index contributed by atoms with van der Waals surface area (Å²) in [5.74, 6) is -3.40. The molecule has 25 heavy (non-hydrogen) atoms. The molecule has 1 aromatic carbocycles. The molecule has 0 aliphatic carbocycles. The van der Waals surface area contributed by atoms with Crippen LogP contribution in [0.1, 0.15) is 64.7 Å². The molecule has 0 fully saturated rings. The van der Waals surface area contributed by atoms with E-state index in [1.807, 2.05) is 20.8 Å². The summed E-state index contributed by atoms with van der Waals surface area (Å²) >= 11 is 0. The molecule has 0 unspecified atom stereocenters. The van der Waals surface area contributed by atoms with Crippen LogP contribution in [0.3, 0.4) is 0 Å². The number of aromatic carboxylic acids is 1. The summed E-state index contributed by atoms with van der Waals surface area (Å²) in [4.78, 5) is 19.9. The first-order chi connectivity index (χ1) is 11.3. The van der Waals surface area contributed by atoms with Crippen LogP contribution in [0.15, 0.2) is 30.3 Å². The predicted octanol–water partition coefficient (Wildman–Crippen LogP) is 3.63. The minimum atomic E-state index is -1.55. The summed E-state index contributed by atoms with van der Waals surface area (Å²) in [6.07, 6.45) is 1.81. The van der Waals surface area contributed by atoms with E-state index in [9.17, 15) is 19.8 Å². The highest BCUT2D eigenvalue weighted by Gasteiger charge is 2.36. The number of carboxylic acid groups (broad SMARTS) is 2. The number of carboxylic acids is 2. The molecule has 0 aliphatic rings. The number of aliphatic hydroxyl groups is 2. The summed E-state index contributed by atoms with van der Waals surface area (Å²) in [6, 6.07) is 8.30. The zero-order valence-electron chi connectivity index (χ0n) is 16.0. The average molecular weight is 356 g/mol. The fourth-order valence-corrected chi connectivity index (χ4v) is 1.44. The van der Waals surface area contributed by atoms with Gasteiger partial charge < -0.3 is 20.4 Å². The fraction of sp³-hybridized carbons (Fsp3) is 0.579. The number of carbonyl (C=O) groups is 2. The van der Waals surface area contributed by atoms with E-state index in [1.54, 1.807) is 44.2 Å². The van der Waals surface area contributed by atoms with Crippen LogP contribution in [0.2, 0.25) is 0 Å². The van der Waals surface area contributed by atoms with E-state index in [0.29, 0.717) is 5.56 Å². The lowest BCUT2D eigenvalue weighted by Crippen LogP contribution is -2.41. The molecule has 6 nitrogen and oxygen atoms in total. The summed E-state index contributed by atoms with van der Waals surface area (Å²) in [7, 11) is 0. The van der Waals surface area contributed by atoms with Gasteiger partial charge in [0.15, 0.2) is 5.79 Å². The zero-order valence-corrected chi connectivity index (χ0v) is 16.0. The maximum atomic E-state index is 10.2. The minimum Gasteiger partial charge on any atom is -0.481 e. The molecule has 0 spiro atoms. The molecule has 0 saturated heterocycles. The molecule has 0 saturated carbocycles. The van der Waals surface area contributed by atoms with Crippen LogP contribution in [0.5, 0.6) is 0 Å². The number of benzene rings is 1. The van der Waals surface area contributed by atoms with E-state index in [-0.39, 0.29) is 5.92 Å². The lowest BCUT2D eigenvalue weighted by Gasteiger charge is -2.35. The van der Waals surface area contributed by atoms with Gasteiger partial charge in [-0.2, -0.15) is 0 Å². The molecule has 4 N–H and O–H groups in total. The van der Waals surface area contributed by atoms with Gasteiger partial charge in [0, 0.05) is 5.41 Å². The van der Waals surface area contributed by atoms with Crippen molar-refractivity contribution in [1.29, 1.82) is 0 Å². The van der Waals surface area contributed by atoms with Crippen molar-refractivity contribution in [1.82, 2.24) is 0 Å². The van der Waals surface area contributed by atoms with E-state index < -0.39 is 23.1 Å². The van der Waals surface area contributed by atoms with Gasteiger partial charge >= 0.3 is 11.9 Å². The average Bonchev–Trinajstić information content (AvgIpc) is 2.48. The van der Waals surface area contributed by atoms with E-state index in [1.165, 1.54) is 6.92 Å². The third kappa shape index (κ3) is 12.1. The van der Waals surface area contributed by atoms with E-state index in [0.717, 1.165) is 12.8 Å². The third-order valence-electron chi connectivity index (χ3n) is 3.67. The Labute approximate surface area is 150 Å². The van der Waals surface area contributed by atoms with Gasteiger partial charge in [0.05, 0.1) is 11.5 Å². The number of hydrogen-bond acceptors (Lipinski definition) is 4. The van der Waals surface area contributed by atoms with Crippen molar-refractivity contribution in [2.24, 2.45) is 11.3 Å². The molecule has 0 radical (unpaired) electrons. The Balaban J connectivity index is 0. The maximum Gasteiger partial charge on any atom is 0.335 e. The van der Waals surface area contributed by atoms with E-state index in [2.05, 4.69) is 0 Å². The van der Waals surface area contributed by atoms with Gasteiger partial charge in [0.2, 0.25) is 0 Å². The van der Waals surface area contributed by atoms with Gasteiger partial charge in [0.25, 0.3) is 0 Å². The van der Waals surface area contributed by atoms with Gasteiger partial charge in [-0.15, -0.1) is 0 Å². The fourth-order valence-electron chi connectivity index (χ4n) is 1.44. The van der Waals surface area contributed by atoms with Crippen molar-refractivity contribution < 1.29 is 30.0 Å².